The van der Waals surface area contributed by atoms with Crippen molar-refractivity contribution in [1.82, 2.24) is 55.7 Å². The van der Waals surface area contributed by atoms with Crippen molar-refractivity contribution >= 4 is 58.7 Å². The fourth-order valence-electron chi connectivity index (χ4n) is 9.05. The van der Waals surface area contributed by atoms with E-state index in [0.29, 0.717) is 61.4 Å². The molecule has 76 heavy (non-hydrogen) atoms. The van der Waals surface area contributed by atoms with Gasteiger partial charge in [-0.05, 0) is 117 Å². The number of fused-ring (bicyclic) bond motifs is 2. The number of nitrogens with two attached hydrogens (primary N) is 1. The Labute approximate surface area is 438 Å². The number of anilines is 2. The first-order chi connectivity index (χ1) is 36.7. The summed E-state index contributed by atoms with van der Waals surface area (Å²) in [7, 11) is 0. The average Bonchev–Trinajstić information content (AvgIpc) is 4.24. The number of imide groups is 1. The van der Waals surface area contributed by atoms with Crippen LogP contribution >= 0.6 is 0 Å². The van der Waals surface area contributed by atoms with Crippen molar-refractivity contribution in [1.29, 1.82) is 0 Å². The van der Waals surface area contributed by atoms with Gasteiger partial charge in [-0.1, -0.05) is 44.5 Å². The molecule has 9 N–H and O–H groups in total. The van der Waals surface area contributed by atoms with Crippen LogP contribution in [-0.4, -0.2) is 101 Å². The van der Waals surface area contributed by atoms with Gasteiger partial charge in [-0.3, -0.25) is 33.9 Å². The number of ether oxygens (including phenoxy) is 1. The van der Waals surface area contributed by atoms with Crippen molar-refractivity contribution in [3.8, 4) is 22.6 Å². The maximum absolute atomic E-state index is 13.7. The second-order valence-corrected chi connectivity index (χ2v) is 19.1. The number of nitrogens with one attached hydrogen (secondary N) is 7. The Hall–Kier alpha value is -8.95. The molecule has 396 valence electrons. The SMILES string of the molecule is Cc1cccc(-c2nc(CNc3ccc4c(c3)C(NC(=O)OCc3ccc(NC(=O)C(CCCNC(N)=O)NC(=O)[C@@H](NC(=O)CCCCCN5C(=O)C=CC5=O)C(C)C)cc3)CC4)[nH]c2-c2ccc3ncnn3c2)n1. The molecule has 1 aliphatic heterocycles. The summed E-state index contributed by atoms with van der Waals surface area (Å²) in [5, 5.41) is 21.7. The maximum atomic E-state index is 13.7. The lowest BCUT2D eigenvalue weighted by atomic mass is 10.0. The molecule has 0 spiro atoms. The van der Waals surface area contributed by atoms with Crippen molar-refractivity contribution in [2.75, 3.05) is 23.7 Å². The Bertz CT molecular complexity index is 3110. The number of pyridine rings is 2. The molecule has 3 atom stereocenters. The second kappa shape index (κ2) is 24.9. The fraction of sp³-hybridized carbons (Fsp3) is 0.352. The first kappa shape index (κ1) is 53.3. The first-order valence-corrected chi connectivity index (χ1v) is 25.4. The molecule has 22 heteroatoms. The summed E-state index contributed by atoms with van der Waals surface area (Å²) in [4.78, 5) is 107. The monoisotopic (exact) mass is 1030 g/mol. The highest BCUT2D eigenvalue weighted by molar-refractivity contribution is 6.12. The van der Waals surface area contributed by atoms with Gasteiger partial charge in [0.25, 0.3) is 11.8 Å². The third-order valence-electron chi connectivity index (χ3n) is 13.1. The van der Waals surface area contributed by atoms with Crippen LogP contribution in [0.3, 0.4) is 0 Å². The zero-order chi connectivity index (χ0) is 53.7. The normalized spacial score (nSPS) is 14.6. The number of aryl methyl sites for hydroxylation is 2. The van der Waals surface area contributed by atoms with E-state index in [1.54, 1.807) is 42.6 Å². The Balaban J connectivity index is 0.817. The third kappa shape index (κ3) is 14.0. The van der Waals surface area contributed by atoms with E-state index in [1.165, 1.54) is 18.5 Å². The van der Waals surface area contributed by atoms with Crippen LogP contribution in [0.2, 0.25) is 0 Å². The van der Waals surface area contributed by atoms with Crippen LogP contribution in [0.15, 0.2) is 97.5 Å². The van der Waals surface area contributed by atoms with E-state index in [0.717, 1.165) is 56.4 Å². The topological polar surface area (TPSA) is 302 Å². The van der Waals surface area contributed by atoms with Gasteiger partial charge >= 0.3 is 12.1 Å². The molecule has 0 bridgehead atoms. The van der Waals surface area contributed by atoms with Crippen molar-refractivity contribution in [2.45, 2.75) is 103 Å². The summed E-state index contributed by atoms with van der Waals surface area (Å²) in [5.41, 5.74) is 14.0. The van der Waals surface area contributed by atoms with Crippen LogP contribution in [-0.2, 0) is 48.3 Å². The van der Waals surface area contributed by atoms with Gasteiger partial charge < -0.3 is 47.4 Å². The summed E-state index contributed by atoms with van der Waals surface area (Å²) < 4.78 is 7.35. The van der Waals surface area contributed by atoms with E-state index in [4.69, 9.17) is 20.4 Å². The molecule has 1 aliphatic carbocycles. The standard InChI is InChI=1S/C54H62N14O8/c1-32(2)48(66-45(69)12-5-4-6-26-67-46(70)23-24-47(67)71)52(73)62-42(11-8-25-56-53(55)74)51(72)61-37-18-13-34(14-19-37)30-76-54(75)63-40-21-16-35-15-20-38(27-39(35)40)57-28-43-64-49(36-17-22-44-58-31-59-68(44)29-36)50(65-43)41-10-7-9-33(3)60-41/h7,9-10,13-15,17-20,22-24,27,29,31-32,40,42,48,57H,4-6,8,11-12,16,21,25-26,28,30H2,1-3H3,(H,61,72)(H,62,73)(H,63,75)(H,64,65)(H,66,69)(H3,55,56,74)/t40?,42?,48-/m0/s1. The molecule has 0 radical (unpaired) electrons. The number of hydrogen-bond acceptors (Lipinski definition) is 13. The average molecular weight is 1040 g/mol. The quantitative estimate of drug-likeness (QED) is 0.0274. The van der Waals surface area contributed by atoms with Gasteiger partial charge in [0.1, 0.15) is 36.5 Å². The Morgan fingerprint density at radius 3 is 2.43 bits per heavy atom. The van der Waals surface area contributed by atoms with E-state index in [-0.39, 0.29) is 62.2 Å². The smallest absolute Gasteiger partial charge is 0.407 e. The molecule has 2 unspecified atom stereocenters. The first-order valence-electron chi connectivity index (χ1n) is 25.4. The van der Waals surface area contributed by atoms with Crippen LogP contribution in [0.4, 0.5) is 21.0 Å². The summed E-state index contributed by atoms with van der Waals surface area (Å²) >= 11 is 0. The summed E-state index contributed by atoms with van der Waals surface area (Å²) in [6.07, 6.45) is 8.95. The van der Waals surface area contributed by atoms with Crippen LogP contribution in [0, 0.1) is 12.8 Å². The molecule has 4 aromatic heterocycles. The number of hydrogen-bond donors (Lipinski definition) is 8. The largest absolute Gasteiger partial charge is 0.445 e. The summed E-state index contributed by atoms with van der Waals surface area (Å²) in [6, 6.07) is 19.6. The van der Waals surface area contributed by atoms with Gasteiger partial charge in [0.15, 0.2) is 5.65 Å². The number of primary amides is 1. The van der Waals surface area contributed by atoms with Crippen molar-refractivity contribution in [3.63, 3.8) is 0 Å². The molecule has 8 rings (SSSR count). The number of imidazole rings is 1. The maximum Gasteiger partial charge on any atom is 0.407 e. The minimum atomic E-state index is -1.04. The number of carbonyl (C=O) groups excluding carboxylic acids is 7. The molecule has 2 aliphatic rings. The molecule has 0 saturated heterocycles. The van der Waals surface area contributed by atoms with Crippen molar-refractivity contribution in [3.05, 3.63) is 126 Å². The van der Waals surface area contributed by atoms with Gasteiger partial charge in [0.2, 0.25) is 17.7 Å². The molecule has 6 aromatic rings. The number of aromatic amines is 1. The number of H-pyrrole nitrogens is 1. The highest BCUT2D eigenvalue weighted by Gasteiger charge is 2.30. The molecule has 5 heterocycles. The number of carbonyl (C=O) groups is 7. The molecular formula is C54H62N14O8. The van der Waals surface area contributed by atoms with E-state index in [9.17, 15) is 33.6 Å². The van der Waals surface area contributed by atoms with Gasteiger partial charge in [-0.2, -0.15) is 5.10 Å². The number of rotatable bonds is 24. The highest BCUT2D eigenvalue weighted by atomic mass is 16.5. The Morgan fingerprint density at radius 1 is 0.882 bits per heavy atom. The van der Waals surface area contributed by atoms with Crippen LogP contribution in [0.5, 0.6) is 0 Å². The fourth-order valence-corrected chi connectivity index (χ4v) is 9.05. The minimum absolute atomic E-state index is 0.0364. The Kier molecular flexibility index (Phi) is 17.4. The number of benzene rings is 2. The number of nitrogens with zero attached hydrogens (tertiary/aromatic N) is 6. The molecule has 2 aromatic carbocycles. The van der Waals surface area contributed by atoms with Crippen LogP contribution in [0.1, 0.15) is 93.0 Å². The van der Waals surface area contributed by atoms with Gasteiger partial charge in [0.05, 0.1) is 24.0 Å². The summed E-state index contributed by atoms with van der Waals surface area (Å²) in [5.74, 6) is -1.77. The highest BCUT2D eigenvalue weighted by Crippen LogP contribution is 2.34. The number of urea groups is 1. The molecule has 8 amide bonds. The van der Waals surface area contributed by atoms with Crippen LogP contribution in [0.25, 0.3) is 28.3 Å². The third-order valence-corrected chi connectivity index (χ3v) is 13.1. The van der Waals surface area contributed by atoms with Gasteiger partial charge in [-0.25, -0.2) is 24.1 Å². The zero-order valence-electron chi connectivity index (χ0n) is 42.6. The predicted octanol–water partition coefficient (Wildman–Crippen LogP) is 5.51. The minimum Gasteiger partial charge on any atom is -0.445 e. The summed E-state index contributed by atoms with van der Waals surface area (Å²) in [6.45, 7) is 6.26. The van der Waals surface area contributed by atoms with Gasteiger partial charge in [-0.15, -0.1) is 0 Å². The number of unbranched alkanes of at least 4 members (excludes halogenated alkanes) is 2. The Morgan fingerprint density at radius 2 is 1.67 bits per heavy atom. The van der Waals surface area contributed by atoms with Crippen molar-refractivity contribution in [2.24, 2.45) is 11.7 Å². The molecule has 22 nitrogen and oxygen atoms in total. The number of alkyl carbamates (subject to hydrolysis) is 1. The number of amides is 8. The van der Waals surface area contributed by atoms with Crippen LogP contribution < -0.4 is 37.6 Å². The molecule has 0 fully saturated rings. The lowest BCUT2D eigenvalue weighted by molar-refractivity contribution is -0.137. The lowest BCUT2D eigenvalue weighted by Crippen LogP contribution is -2.54. The molecular weight excluding hydrogens is 973 g/mol. The van der Waals surface area contributed by atoms with E-state index in [1.807, 2.05) is 55.6 Å². The van der Waals surface area contributed by atoms with Crippen molar-refractivity contribution < 1.29 is 38.3 Å². The van der Waals surface area contributed by atoms with E-state index >= 15 is 0 Å². The predicted molar refractivity (Wildman–Crippen MR) is 282 cm³/mol. The molecule has 0 saturated carbocycles. The number of aromatic nitrogens is 6. The van der Waals surface area contributed by atoms with E-state index in [2.05, 4.69) is 53.0 Å². The van der Waals surface area contributed by atoms with E-state index < -0.39 is 36.0 Å². The second-order valence-electron chi connectivity index (χ2n) is 19.1. The van der Waals surface area contributed by atoms with Gasteiger partial charge in [0, 0.05) is 60.5 Å². The zero-order valence-corrected chi connectivity index (χ0v) is 42.6. The lowest BCUT2D eigenvalue weighted by Gasteiger charge is -2.25.